The van der Waals surface area contributed by atoms with Gasteiger partial charge >= 0.3 is 0 Å². The summed E-state index contributed by atoms with van der Waals surface area (Å²) in [5, 5.41) is 0. The van der Waals surface area contributed by atoms with Crippen LogP contribution in [0.15, 0.2) is 12.5 Å². The number of sulfonamides is 1. The van der Waals surface area contributed by atoms with E-state index in [-0.39, 0.29) is 6.04 Å². The quantitative estimate of drug-likeness (QED) is 0.743. The molecule has 2 aromatic heterocycles. The molecule has 0 aromatic carbocycles. The van der Waals surface area contributed by atoms with Gasteiger partial charge in [-0.15, -0.1) is 0 Å². The Morgan fingerprint density at radius 2 is 1.96 bits per heavy atom. The Hall–Kier alpha value is -1.78. The SMILES string of the molecule is CS(=O)(=O)N1CC(n2cnc3cnc(N4CCOCC4)nc32)C1. The molecular weight excluding hydrogens is 320 g/mol. The summed E-state index contributed by atoms with van der Waals surface area (Å²) < 4.78 is 31.8. The third kappa shape index (κ3) is 2.66. The topological polar surface area (TPSA) is 93.5 Å². The number of morpholine rings is 1. The van der Waals surface area contributed by atoms with Crippen molar-refractivity contribution in [2.45, 2.75) is 6.04 Å². The first kappa shape index (κ1) is 14.8. The molecule has 0 saturated carbocycles. The maximum atomic E-state index is 11.5. The summed E-state index contributed by atoms with van der Waals surface area (Å²) in [4.78, 5) is 15.4. The van der Waals surface area contributed by atoms with Crippen molar-refractivity contribution in [1.29, 1.82) is 0 Å². The molecule has 0 N–H and O–H groups in total. The Morgan fingerprint density at radius 3 is 2.65 bits per heavy atom. The molecule has 0 spiro atoms. The van der Waals surface area contributed by atoms with Crippen molar-refractivity contribution >= 4 is 27.1 Å². The number of aromatic nitrogens is 4. The second-order valence-electron chi connectivity index (χ2n) is 5.86. The Kier molecular flexibility index (Phi) is 3.47. The number of hydrogen-bond acceptors (Lipinski definition) is 7. The minimum absolute atomic E-state index is 0.0714. The first-order chi connectivity index (χ1) is 11.0. The molecule has 9 nitrogen and oxygen atoms in total. The number of imidazole rings is 1. The van der Waals surface area contributed by atoms with Gasteiger partial charge in [0.1, 0.15) is 5.52 Å². The van der Waals surface area contributed by atoms with E-state index < -0.39 is 10.0 Å². The van der Waals surface area contributed by atoms with Crippen LogP contribution >= 0.6 is 0 Å². The van der Waals surface area contributed by atoms with Crippen molar-refractivity contribution in [2.24, 2.45) is 0 Å². The van der Waals surface area contributed by atoms with Crippen LogP contribution in [-0.4, -0.2) is 77.9 Å². The zero-order chi connectivity index (χ0) is 16.0. The first-order valence-corrected chi connectivity index (χ1v) is 9.34. The lowest BCUT2D eigenvalue weighted by atomic mass is 10.2. The average Bonchev–Trinajstić information content (AvgIpc) is 2.88. The molecule has 0 bridgehead atoms. The summed E-state index contributed by atoms with van der Waals surface area (Å²) in [5.41, 5.74) is 1.47. The minimum Gasteiger partial charge on any atom is -0.378 e. The normalized spacial score (nSPS) is 20.8. The van der Waals surface area contributed by atoms with Gasteiger partial charge in [-0.2, -0.15) is 9.29 Å². The third-order valence-corrected chi connectivity index (χ3v) is 5.52. The van der Waals surface area contributed by atoms with Crippen molar-refractivity contribution in [3.05, 3.63) is 12.5 Å². The van der Waals surface area contributed by atoms with Gasteiger partial charge in [0.15, 0.2) is 5.65 Å². The zero-order valence-corrected chi connectivity index (χ0v) is 13.6. The molecule has 10 heteroatoms. The molecule has 0 atom stereocenters. The van der Waals surface area contributed by atoms with E-state index in [9.17, 15) is 8.42 Å². The Labute approximate surface area is 133 Å². The maximum Gasteiger partial charge on any atom is 0.227 e. The molecule has 4 rings (SSSR count). The summed E-state index contributed by atoms with van der Waals surface area (Å²) in [6.45, 7) is 3.80. The number of ether oxygens (including phenoxy) is 1. The van der Waals surface area contributed by atoms with Crippen LogP contribution in [0.4, 0.5) is 5.95 Å². The van der Waals surface area contributed by atoms with Crippen LogP contribution in [0.5, 0.6) is 0 Å². The lowest BCUT2D eigenvalue weighted by Crippen LogP contribution is -2.50. The van der Waals surface area contributed by atoms with Crippen molar-refractivity contribution in [3.63, 3.8) is 0 Å². The smallest absolute Gasteiger partial charge is 0.227 e. The van der Waals surface area contributed by atoms with Gasteiger partial charge in [0.05, 0.1) is 38.0 Å². The van der Waals surface area contributed by atoms with Crippen molar-refractivity contribution in [2.75, 3.05) is 50.5 Å². The van der Waals surface area contributed by atoms with Crippen molar-refractivity contribution in [3.8, 4) is 0 Å². The van der Waals surface area contributed by atoms with Crippen LogP contribution in [0.3, 0.4) is 0 Å². The fraction of sp³-hybridized carbons (Fsp3) is 0.615. The van der Waals surface area contributed by atoms with Gasteiger partial charge < -0.3 is 14.2 Å². The van der Waals surface area contributed by atoms with Gasteiger partial charge in [-0.05, 0) is 0 Å². The zero-order valence-electron chi connectivity index (χ0n) is 12.8. The summed E-state index contributed by atoms with van der Waals surface area (Å²) in [6, 6.07) is 0.0714. The van der Waals surface area contributed by atoms with E-state index in [2.05, 4.69) is 19.9 Å². The minimum atomic E-state index is -3.12. The standard InChI is InChI=1S/C13H18N6O3S/c1-23(20,21)18-7-10(8-18)19-9-15-11-6-14-13(16-12(11)19)17-2-4-22-5-3-17/h6,9-10H,2-5,7-8H2,1H3. The molecule has 4 heterocycles. The highest BCUT2D eigenvalue weighted by atomic mass is 32.2. The lowest BCUT2D eigenvalue weighted by Gasteiger charge is -2.37. The van der Waals surface area contributed by atoms with Gasteiger partial charge in [-0.3, -0.25) is 0 Å². The molecule has 2 saturated heterocycles. The van der Waals surface area contributed by atoms with E-state index in [0.29, 0.717) is 32.3 Å². The maximum absolute atomic E-state index is 11.5. The van der Waals surface area contributed by atoms with Gasteiger partial charge in [0, 0.05) is 26.2 Å². The van der Waals surface area contributed by atoms with Crippen LogP contribution in [0, 0.1) is 0 Å². The number of fused-ring (bicyclic) bond motifs is 1. The van der Waals surface area contributed by atoms with Crippen LogP contribution < -0.4 is 4.90 Å². The van der Waals surface area contributed by atoms with E-state index in [4.69, 9.17) is 4.74 Å². The molecular formula is C13H18N6O3S. The van der Waals surface area contributed by atoms with Crippen molar-refractivity contribution in [1.82, 2.24) is 23.8 Å². The van der Waals surface area contributed by atoms with E-state index in [1.807, 2.05) is 4.57 Å². The third-order valence-electron chi connectivity index (χ3n) is 4.29. The highest BCUT2D eigenvalue weighted by Crippen LogP contribution is 2.27. The molecule has 124 valence electrons. The summed E-state index contributed by atoms with van der Waals surface area (Å²) in [7, 11) is -3.12. The molecule has 23 heavy (non-hydrogen) atoms. The fourth-order valence-electron chi connectivity index (χ4n) is 2.86. The largest absolute Gasteiger partial charge is 0.378 e. The Morgan fingerprint density at radius 1 is 1.22 bits per heavy atom. The average molecular weight is 338 g/mol. The van der Waals surface area contributed by atoms with Gasteiger partial charge in [0.25, 0.3) is 0 Å². The molecule has 2 aliphatic rings. The molecule has 0 unspecified atom stereocenters. The highest BCUT2D eigenvalue weighted by Gasteiger charge is 2.35. The van der Waals surface area contributed by atoms with Crippen molar-refractivity contribution < 1.29 is 13.2 Å². The van der Waals surface area contributed by atoms with Gasteiger partial charge in [0.2, 0.25) is 16.0 Å². The predicted molar refractivity (Wildman–Crippen MR) is 83.8 cm³/mol. The summed E-state index contributed by atoms with van der Waals surface area (Å²) in [5.74, 6) is 0.668. The number of anilines is 1. The molecule has 2 aliphatic heterocycles. The van der Waals surface area contributed by atoms with E-state index in [1.54, 1.807) is 12.5 Å². The van der Waals surface area contributed by atoms with E-state index in [1.165, 1.54) is 10.6 Å². The van der Waals surface area contributed by atoms with Crippen LogP contribution in [0.25, 0.3) is 11.2 Å². The molecule has 2 fully saturated rings. The van der Waals surface area contributed by atoms with Crippen LogP contribution in [0.1, 0.15) is 6.04 Å². The van der Waals surface area contributed by atoms with Gasteiger partial charge in [-0.1, -0.05) is 0 Å². The molecule has 0 amide bonds. The fourth-order valence-corrected chi connectivity index (χ4v) is 3.75. The van der Waals surface area contributed by atoms with E-state index >= 15 is 0 Å². The number of rotatable bonds is 3. The second kappa shape index (κ2) is 5.39. The monoisotopic (exact) mass is 338 g/mol. The highest BCUT2D eigenvalue weighted by molar-refractivity contribution is 7.88. The molecule has 0 radical (unpaired) electrons. The molecule has 2 aromatic rings. The van der Waals surface area contributed by atoms with Crippen LogP contribution in [0.2, 0.25) is 0 Å². The number of hydrogen-bond donors (Lipinski definition) is 0. The number of nitrogens with zero attached hydrogens (tertiary/aromatic N) is 6. The summed E-state index contributed by atoms with van der Waals surface area (Å²) >= 11 is 0. The molecule has 0 aliphatic carbocycles. The lowest BCUT2D eigenvalue weighted by molar-refractivity contribution is 0.122. The van der Waals surface area contributed by atoms with Gasteiger partial charge in [-0.25, -0.2) is 18.4 Å². The Bertz CT molecular complexity index is 823. The van der Waals surface area contributed by atoms with E-state index in [0.717, 1.165) is 24.3 Å². The second-order valence-corrected chi connectivity index (χ2v) is 7.85. The predicted octanol–water partition coefficient (Wildman–Crippen LogP) is -0.521. The summed E-state index contributed by atoms with van der Waals surface area (Å²) in [6.07, 6.45) is 4.66. The van der Waals surface area contributed by atoms with Crippen LogP contribution in [-0.2, 0) is 14.8 Å². The first-order valence-electron chi connectivity index (χ1n) is 7.50. The Balaban J connectivity index is 1.61.